The molecule has 5 rings (SSSR count). The van der Waals surface area contributed by atoms with Gasteiger partial charge in [-0.25, -0.2) is 0 Å². The van der Waals surface area contributed by atoms with Gasteiger partial charge in [-0.15, -0.1) is 0 Å². The molecule has 0 spiro atoms. The maximum Gasteiger partial charge on any atom is 1.00 e. The second-order valence-electron chi connectivity index (χ2n) is 9.92. The summed E-state index contributed by atoms with van der Waals surface area (Å²) in [6.07, 6.45) is 0.106. The molecule has 0 amide bonds. The summed E-state index contributed by atoms with van der Waals surface area (Å²) in [5.41, 5.74) is 3.72. The Labute approximate surface area is 247 Å². The van der Waals surface area contributed by atoms with E-state index in [9.17, 15) is 14.7 Å². The van der Waals surface area contributed by atoms with E-state index in [0.717, 1.165) is 22.9 Å². The van der Waals surface area contributed by atoms with E-state index in [-0.39, 0.29) is 52.5 Å². The first-order valence-electron chi connectivity index (χ1n) is 11.9. The number of nitrogens with zero attached hydrogens (tertiary/aromatic N) is 2. The molecule has 7 nitrogen and oxygen atoms in total. The number of benzene rings is 3. The van der Waals surface area contributed by atoms with E-state index in [1.807, 2.05) is 24.3 Å². The number of carbonyl (C=O) groups is 2. The summed E-state index contributed by atoms with van der Waals surface area (Å²) < 4.78 is 19.6. The van der Waals surface area contributed by atoms with Crippen molar-refractivity contribution in [3.05, 3.63) is 88.5 Å². The van der Waals surface area contributed by atoms with E-state index in [2.05, 4.69) is 29.5 Å². The molecule has 188 valence electrons. The minimum Gasteiger partial charge on any atom is -0.545 e. The fraction of sp³-hybridized carbons (Fsp3) is 0.241. The maximum atomic E-state index is 13.9. The number of carboxylic acid groups (broad SMARTS) is 1. The van der Waals surface area contributed by atoms with Gasteiger partial charge >= 0.3 is 29.6 Å². The van der Waals surface area contributed by atoms with E-state index >= 15 is 0 Å². The molecule has 4 aromatic rings. The molecule has 0 unspecified atom stereocenters. The van der Waals surface area contributed by atoms with Crippen LogP contribution in [0.2, 0.25) is 0 Å². The smallest absolute Gasteiger partial charge is 0.545 e. The number of aliphatic carboxylic acids is 1. The Hall–Kier alpha value is -3.04. The molecule has 0 fully saturated rings. The standard InChI is InChI=1S/C29H26N2O5S.Na/c1-29(2,3)20-8-4-17(5-9-20)14-21(27(32)19-7-11-24-25(16-19)36-13-12-35-24)26(28(33)34)18-6-10-22-23(15-18)31-37-30-22;/h4-11,15-16H,12-14H2,1-3H3,(H,33,34);/q;+1/p-1. The van der Waals surface area contributed by atoms with Gasteiger partial charge in [-0.05, 0) is 52.4 Å². The van der Waals surface area contributed by atoms with E-state index in [1.54, 1.807) is 36.4 Å². The van der Waals surface area contributed by atoms with Crippen LogP contribution in [0.3, 0.4) is 0 Å². The van der Waals surface area contributed by atoms with Crippen LogP contribution in [0, 0.1) is 0 Å². The first-order valence-corrected chi connectivity index (χ1v) is 12.6. The summed E-state index contributed by atoms with van der Waals surface area (Å²) in [6.45, 7) is 7.17. The predicted molar refractivity (Wildman–Crippen MR) is 140 cm³/mol. The minimum atomic E-state index is -1.44. The minimum absolute atomic E-state index is 0. The van der Waals surface area contributed by atoms with Crippen molar-refractivity contribution in [2.75, 3.05) is 13.2 Å². The number of aromatic nitrogens is 2. The molecule has 38 heavy (non-hydrogen) atoms. The number of allylic oxidation sites excluding steroid dienone is 1. The Bertz CT molecular complexity index is 1540. The molecule has 3 aromatic carbocycles. The van der Waals surface area contributed by atoms with E-state index in [1.165, 1.54) is 0 Å². The third kappa shape index (κ3) is 5.83. The van der Waals surface area contributed by atoms with Crippen molar-refractivity contribution in [1.82, 2.24) is 8.75 Å². The SMILES string of the molecule is CC(C)(C)c1ccc(CC(C(=O)c2ccc3c(c2)OCCO3)=C(C(=O)[O-])c2ccc3nsnc3c2)cc1.[Na+]. The molecule has 0 aliphatic carbocycles. The van der Waals surface area contributed by atoms with Crippen molar-refractivity contribution in [1.29, 1.82) is 0 Å². The van der Waals surface area contributed by atoms with Crippen molar-refractivity contribution in [2.24, 2.45) is 0 Å². The summed E-state index contributed by atoms with van der Waals surface area (Å²) in [7, 11) is 0. The summed E-state index contributed by atoms with van der Waals surface area (Å²) in [6, 6.07) is 17.7. The normalized spacial score (nSPS) is 13.4. The van der Waals surface area contributed by atoms with Gasteiger partial charge in [0.2, 0.25) is 0 Å². The number of rotatable bonds is 6. The molecule has 0 saturated heterocycles. The zero-order valence-corrected chi connectivity index (χ0v) is 24.6. The second kappa shape index (κ2) is 11.4. The molecule has 0 bridgehead atoms. The molecule has 9 heteroatoms. The Morgan fingerprint density at radius 3 is 2.21 bits per heavy atom. The van der Waals surface area contributed by atoms with Gasteiger partial charge in [-0.2, -0.15) is 8.75 Å². The third-order valence-electron chi connectivity index (χ3n) is 6.33. The van der Waals surface area contributed by atoms with Gasteiger partial charge in [0, 0.05) is 23.1 Å². The van der Waals surface area contributed by atoms with Crippen molar-refractivity contribution in [3.63, 3.8) is 0 Å². The second-order valence-corrected chi connectivity index (χ2v) is 10.4. The number of carbonyl (C=O) groups excluding carboxylic acids is 2. The van der Waals surface area contributed by atoms with Crippen LogP contribution < -0.4 is 44.1 Å². The molecular weight excluding hydrogens is 511 g/mol. The maximum absolute atomic E-state index is 13.9. The van der Waals surface area contributed by atoms with Gasteiger partial charge in [0.25, 0.3) is 0 Å². The van der Waals surface area contributed by atoms with E-state index in [0.29, 0.717) is 46.9 Å². The van der Waals surface area contributed by atoms with Gasteiger partial charge in [0.15, 0.2) is 17.3 Å². The average Bonchev–Trinajstić information content (AvgIpc) is 3.35. The van der Waals surface area contributed by atoms with Crippen molar-refractivity contribution in [3.8, 4) is 11.5 Å². The summed E-state index contributed by atoms with van der Waals surface area (Å²) >= 11 is 1.04. The van der Waals surface area contributed by atoms with Crippen molar-refractivity contribution >= 4 is 40.1 Å². The molecule has 1 aliphatic rings. The first-order chi connectivity index (χ1) is 17.7. The van der Waals surface area contributed by atoms with Crippen molar-refractivity contribution < 1.29 is 53.7 Å². The Morgan fingerprint density at radius 1 is 0.868 bits per heavy atom. The molecule has 0 atom stereocenters. The number of fused-ring (bicyclic) bond motifs is 2. The van der Waals surface area contributed by atoms with Crippen LogP contribution in [0.15, 0.2) is 66.2 Å². The number of Topliss-reactive ketones (excluding diaryl/α,β-unsaturated/α-hetero) is 1. The van der Waals surface area contributed by atoms with Crippen LogP contribution in [0.1, 0.15) is 47.8 Å². The van der Waals surface area contributed by atoms with Gasteiger partial charge in [0.1, 0.15) is 24.2 Å². The largest absolute Gasteiger partial charge is 1.00 e. The van der Waals surface area contributed by atoms with Crippen LogP contribution in [0.4, 0.5) is 0 Å². The van der Waals surface area contributed by atoms with Gasteiger partial charge in [-0.3, -0.25) is 4.79 Å². The molecular formula is C29H25N2NaO5S. The van der Waals surface area contributed by atoms with Crippen LogP contribution in [0.5, 0.6) is 11.5 Å². The molecule has 0 radical (unpaired) electrons. The average molecular weight is 537 g/mol. The zero-order chi connectivity index (χ0) is 26.2. The number of ketones is 1. The Kier molecular flexibility index (Phi) is 8.37. The number of hydrogen-bond acceptors (Lipinski definition) is 8. The molecule has 0 saturated carbocycles. The molecule has 1 aliphatic heterocycles. The number of ether oxygens (including phenoxy) is 2. The van der Waals surface area contributed by atoms with Gasteiger partial charge in [-0.1, -0.05) is 51.1 Å². The fourth-order valence-corrected chi connectivity index (χ4v) is 4.84. The van der Waals surface area contributed by atoms with Crippen LogP contribution in [-0.4, -0.2) is 33.7 Å². The summed E-state index contributed by atoms with van der Waals surface area (Å²) in [5.74, 6) is -0.856. The van der Waals surface area contributed by atoms with Crippen LogP contribution >= 0.6 is 11.7 Å². The fourth-order valence-electron chi connectivity index (χ4n) is 4.32. The number of hydrogen-bond donors (Lipinski definition) is 0. The molecule has 1 aromatic heterocycles. The third-order valence-corrected chi connectivity index (χ3v) is 6.88. The van der Waals surface area contributed by atoms with Gasteiger partial charge < -0.3 is 19.4 Å². The predicted octanol–water partition coefficient (Wildman–Crippen LogP) is 1.39. The monoisotopic (exact) mass is 536 g/mol. The van der Waals surface area contributed by atoms with E-state index in [4.69, 9.17) is 9.47 Å². The molecule has 2 heterocycles. The number of carboxylic acids is 1. The zero-order valence-electron chi connectivity index (χ0n) is 21.7. The topological polar surface area (TPSA) is 101 Å². The Morgan fingerprint density at radius 2 is 1.53 bits per heavy atom. The molecule has 0 N–H and O–H groups in total. The van der Waals surface area contributed by atoms with Crippen LogP contribution in [-0.2, 0) is 16.6 Å². The van der Waals surface area contributed by atoms with Crippen molar-refractivity contribution in [2.45, 2.75) is 32.6 Å². The van der Waals surface area contributed by atoms with Gasteiger partial charge in [0.05, 0.1) is 17.7 Å². The summed E-state index contributed by atoms with van der Waals surface area (Å²) in [5, 5.41) is 12.6. The summed E-state index contributed by atoms with van der Waals surface area (Å²) in [4.78, 5) is 26.5. The first kappa shape index (κ1) is 28.0. The van der Waals surface area contributed by atoms with Crippen LogP contribution in [0.25, 0.3) is 16.6 Å². The Balaban J connectivity index is 0.00000336. The quantitative estimate of drug-likeness (QED) is 0.209. The van der Waals surface area contributed by atoms with E-state index < -0.39 is 11.8 Å².